The minimum Gasteiger partial charge on any atom is -0.437 e. The summed E-state index contributed by atoms with van der Waals surface area (Å²) in [6, 6.07) is 8.13. The van der Waals surface area contributed by atoms with E-state index in [-0.39, 0.29) is 0 Å². The highest BCUT2D eigenvalue weighted by Crippen LogP contribution is 2.37. The van der Waals surface area contributed by atoms with Crippen molar-refractivity contribution < 1.29 is 4.74 Å². The highest BCUT2D eigenvalue weighted by Gasteiger charge is 2.26. The zero-order valence-corrected chi connectivity index (χ0v) is 19.2. The van der Waals surface area contributed by atoms with Crippen LogP contribution in [0.5, 0.6) is 11.6 Å². The molecule has 3 aromatic rings. The van der Waals surface area contributed by atoms with Crippen LogP contribution in [-0.2, 0) is 13.1 Å². The third kappa shape index (κ3) is 4.23. The van der Waals surface area contributed by atoms with Gasteiger partial charge in [0.15, 0.2) is 0 Å². The van der Waals surface area contributed by atoms with Crippen molar-refractivity contribution in [2.24, 2.45) is 11.3 Å². The summed E-state index contributed by atoms with van der Waals surface area (Å²) in [6.45, 7) is 8.74. The number of rotatable bonds is 6. The lowest BCUT2D eigenvalue weighted by molar-refractivity contribution is 0.126. The maximum atomic E-state index is 6.27. The van der Waals surface area contributed by atoms with Gasteiger partial charge < -0.3 is 4.74 Å². The molecule has 0 radical (unpaired) electrons. The fourth-order valence-corrected chi connectivity index (χ4v) is 4.54. The van der Waals surface area contributed by atoms with Gasteiger partial charge in [0.2, 0.25) is 5.88 Å². The van der Waals surface area contributed by atoms with Gasteiger partial charge in [-0.3, -0.25) is 4.90 Å². The molecule has 2 aromatic heterocycles. The summed E-state index contributed by atoms with van der Waals surface area (Å²) in [7, 11) is 0. The molecule has 1 aliphatic carbocycles. The van der Waals surface area contributed by atoms with Crippen molar-refractivity contribution in [3.63, 3.8) is 0 Å². The van der Waals surface area contributed by atoms with Crippen LogP contribution in [0.15, 0.2) is 34.9 Å². The third-order valence-electron chi connectivity index (χ3n) is 6.38. The van der Waals surface area contributed by atoms with Gasteiger partial charge in [0, 0.05) is 24.8 Å². The molecule has 1 aliphatic heterocycles. The van der Waals surface area contributed by atoms with Crippen molar-refractivity contribution >= 4 is 27.0 Å². The predicted octanol–water partition coefficient (Wildman–Crippen LogP) is 5.41. The quantitative estimate of drug-likeness (QED) is 0.482. The molecule has 0 amide bonds. The minimum atomic E-state index is 0.446. The molecular formula is C23H28BrN5O. The molecule has 0 bridgehead atoms. The van der Waals surface area contributed by atoms with Crippen LogP contribution < -0.4 is 4.74 Å². The van der Waals surface area contributed by atoms with E-state index >= 15 is 0 Å². The van der Waals surface area contributed by atoms with Crippen molar-refractivity contribution in [2.45, 2.75) is 52.6 Å². The van der Waals surface area contributed by atoms with Gasteiger partial charge >= 0.3 is 0 Å². The topological polar surface area (TPSA) is 56.1 Å². The van der Waals surface area contributed by atoms with Crippen LogP contribution in [0.1, 0.15) is 45.1 Å². The summed E-state index contributed by atoms with van der Waals surface area (Å²) in [5, 5.41) is 8.74. The van der Waals surface area contributed by atoms with Crippen molar-refractivity contribution in [2.75, 3.05) is 13.1 Å². The molecule has 0 N–H and O–H groups in total. The molecule has 158 valence electrons. The fourth-order valence-electron chi connectivity index (χ4n) is 4.04. The number of ether oxygens (including phenoxy) is 1. The standard InChI is InChI=1S/C23H28BrN5O/c1-23(2)9-12-28(13-10-23)15-17-4-3-11-25-22(17)30-19-8-7-18-21(20(19)24)26-27-29(18)14-16-5-6-16/h3-4,7-8,11,16H,5-6,9-10,12-15H2,1-2H3. The Morgan fingerprint density at radius 1 is 1.17 bits per heavy atom. The molecule has 1 saturated heterocycles. The summed E-state index contributed by atoms with van der Waals surface area (Å²) < 4.78 is 9.11. The van der Waals surface area contributed by atoms with Crippen molar-refractivity contribution in [1.82, 2.24) is 24.9 Å². The lowest BCUT2D eigenvalue weighted by Gasteiger charge is -2.37. The lowest BCUT2D eigenvalue weighted by atomic mass is 9.82. The Morgan fingerprint density at radius 2 is 1.97 bits per heavy atom. The Hall–Kier alpha value is -1.99. The molecule has 7 heteroatoms. The fraction of sp³-hybridized carbons (Fsp3) is 0.522. The molecule has 3 heterocycles. The van der Waals surface area contributed by atoms with Gasteiger partial charge in [-0.05, 0) is 84.2 Å². The Morgan fingerprint density at radius 3 is 2.73 bits per heavy atom. The molecule has 6 nitrogen and oxygen atoms in total. The molecular weight excluding hydrogens is 442 g/mol. The summed E-state index contributed by atoms with van der Waals surface area (Å²) in [5.41, 5.74) is 3.44. The number of hydrogen-bond donors (Lipinski definition) is 0. The van der Waals surface area contributed by atoms with Gasteiger partial charge in [-0.25, -0.2) is 9.67 Å². The molecule has 30 heavy (non-hydrogen) atoms. The molecule has 1 aromatic carbocycles. The summed E-state index contributed by atoms with van der Waals surface area (Å²) in [4.78, 5) is 7.03. The number of nitrogens with zero attached hydrogens (tertiary/aromatic N) is 5. The molecule has 1 saturated carbocycles. The van der Waals surface area contributed by atoms with Crippen LogP contribution in [0.25, 0.3) is 11.0 Å². The van der Waals surface area contributed by atoms with E-state index in [2.05, 4.69) is 56.0 Å². The first-order valence-electron chi connectivity index (χ1n) is 10.8. The number of halogens is 1. The molecule has 5 rings (SSSR count). The van der Waals surface area contributed by atoms with Crippen LogP contribution in [0.3, 0.4) is 0 Å². The van der Waals surface area contributed by atoms with Crippen molar-refractivity contribution in [1.29, 1.82) is 0 Å². The highest BCUT2D eigenvalue weighted by molar-refractivity contribution is 9.10. The Kier molecular flexibility index (Phi) is 5.27. The largest absolute Gasteiger partial charge is 0.437 e. The van der Waals surface area contributed by atoms with E-state index in [0.717, 1.165) is 58.9 Å². The monoisotopic (exact) mass is 469 g/mol. The van der Waals surface area contributed by atoms with E-state index in [9.17, 15) is 0 Å². The van der Waals surface area contributed by atoms with Gasteiger partial charge in [0.25, 0.3) is 0 Å². The Balaban J connectivity index is 1.35. The zero-order chi connectivity index (χ0) is 20.7. The van der Waals surface area contributed by atoms with Crippen LogP contribution in [-0.4, -0.2) is 38.0 Å². The second-order valence-electron chi connectivity index (χ2n) is 9.47. The van der Waals surface area contributed by atoms with Gasteiger partial charge in [0.05, 0.1) is 9.99 Å². The number of aromatic nitrogens is 4. The van der Waals surface area contributed by atoms with Crippen LogP contribution >= 0.6 is 15.9 Å². The van der Waals surface area contributed by atoms with Crippen LogP contribution in [0.2, 0.25) is 0 Å². The van der Waals surface area contributed by atoms with E-state index in [4.69, 9.17) is 4.74 Å². The first-order valence-corrected chi connectivity index (χ1v) is 11.6. The molecule has 0 atom stereocenters. The minimum absolute atomic E-state index is 0.446. The second kappa shape index (κ2) is 7.93. The zero-order valence-electron chi connectivity index (χ0n) is 17.6. The molecule has 0 spiro atoms. The number of fused-ring (bicyclic) bond motifs is 1. The highest BCUT2D eigenvalue weighted by atomic mass is 79.9. The van der Waals surface area contributed by atoms with E-state index < -0.39 is 0 Å². The molecule has 2 aliphatic rings. The first-order chi connectivity index (χ1) is 14.5. The SMILES string of the molecule is CC1(C)CCN(Cc2cccnc2Oc2ccc3c(nnn3CC3CC3)c2Br)CC1. The van der Waals surface area contributed by atoms with E-state index in [1.807, 2.05) is 22.9 Å². The number of likely N-dealkylation sites (tertiary alicyclic amines) is 1. The summed E-state index contributed by atoms with van der Waals surface area (Å²) in [6.07, 6.45) is 6.82. The van der Waals surface area contributed by atoms with E-state index in [0.29, 0.717) is 11.3 Å². The maximum Gasteiger partial charge on any atom is 0.223 e. The van der Waals surface area contributed by atoms with E-state index in [1.54, 1.807) is 6.20 Å². The summed E-state index contributed by atoms with van der Waals surface area (Å²) >= 11 is 3.69. The Bertz CT molecular complexity index is 1050. The van der Waals surface area contributed by atoms with Crippen LogP contribution in [0.4, 0.5) is 0 Å². The van der Waals surface area contributed by atoms with Crippen molar-refractivity contribution in [3.8, 4) is 11.6 Å². The molecule has 0 unspecified atom stereocenters. The smallest absolute Gasteiger partial charge is 0.223 e. The number of hydrogen-bond acceptors (Lipinski definition) is 5. The average molecular weight is 470 g/mol. The van der Waals surface area contributed by atoms with Gasteiger partial charge in [-0.1, -0.05) is 25.1 Å². The molecule has 2 fully saturated rings. The van der Waals surface area contributed by atoms with Gasteiger partial charge in [-0.15, -0.1) is 5.10 Å². The first kappa shape index (κ1) is 19.9. The van der Waals surface area contributed by atoms with Crippen molar-refractivity contribution in [3.05, 3.63) is 40.5 Å². The number of pyridine rings is 1. The summed E-state index contributed by atoms with van der Waals surface area (Å²) in [5.74, 6) is 2.13. The number of piperidine rings is 1. The second-order valence-corrected chi connectivity index (χ2v) is 10.3. The Labute approximate surface area is 185 Å². The third-order valence-corrected chi connectivity index (χ3v) is 7.14. The number of benzene rings is 1. The normalized spacial score (nSPS) is 19.3. The maximum absolute atomic E-state index is 6.27. The average Bonchev–Trinajstić information content (AvgIpc) is 3.45. The predicted molar refractivity (Wildman–Crippen MR) is 121 cm³/mol. The van der Waals surface area contributed by atoms with E-state index in [1.165, 1.54) is 25.7 Å². The van der Waals surface area contributed by atoms with Crippen LogP contribution in [0, 0.1) is 11.3 Å². The van der Waals surface area contributed by atoms with Gasteiger partial charge in [-0.2, -0.15) is 0 Å². The van der Waals surface area contributed by atoms with Gasteiger partial charge in [0.1, 0.15) is 11.3 Å². The lowest BCUT2D eigenvalue weighted by Crippen LogP contribution is -2.36.